The SMILES string of the molecule is COc1ccccc1NC(N)=NCCCCC(C)C.I. The van der Waals surface area contributed by atoms with Crippen LogP contribution in [0, 0.1) is 5.92 Å². The molecule has 114 valence electrons. The molecule has 4 nitrogen and oxygen atoms in total. The Balaban J connectivity index is 0.00000361. The lowest BCUT2D eigenvalue weighted by Gasteiger charge is -2.10. The van der Waals surface area contributed by atoms with E-state index in [0.29, 0.717) is 5.96 Å². The molecule has 0 fully saturated rings. The van der Waals surface area contributed by atoms with Gasteiger partial charge < -0.3 is 15.8 Å². The van der Waals surface area contributed by atoms with Gasteiger partial charge in [0.15, 0.2) is 5.96 Å². The number of guanidine groups is 1. The fourth-order valence-electron chi connectivity index (χ4n) is 1.79. The van der Waals surface area contributed by atoms with Gasteiger partial charge in [0.2, 0.25) is 0 Å². The van der Waals surface area contributed by atoms with Gasteiger partial charge in [-0.2, -0.15) is 0 Å². The third-order valence-electron chi connectivity index (χ3n) is 2.84. The second-order valence-electron chi connectivity index (χ2n) is 4.98. The molecule has 20 heavy (non-hydrogen) atoms. The maximum absolute atomic E-state index is 5.85. The van der Waals surface area contributed by atoms with Crippen LogP contribution in [0.5, 0.6) is 5.75 Å². The summed E-state index contributed by atoms with van der Waals surface area (Å²) in [5.74, 6) is 1.96. The number of nitrogens with zero attached hydrogens (tertiary/aromatic N) is 1. The first-order valence-electron chi connectivity index (χ1n) is 6.83. The van der Waals surface area contributed by atoms with Gasteiger partial charge in [-0.05, 0) is 24.5 Å². The molecule has 0 bridgehead atoms. The van der Waals surface area contributed by atoms with Crippen LogP contribution in [0.3, 0.4) is 0 Å². The van der Waals surface area contributed by atoms with Crippen molar-refractivity contribution < 1.29 is 4.74 Å². The summed E-state index contributed by atoms with van der Waals surface area (Å²) in [4.78, 5) is 4.32. The Kier molecular flexibility index (Phi) is 10.2. The molecule has 0 atom stereocenters. The zero-order valence-corrected chi connectivity index (χ0v) is 14.9. The van der Waals surface area contributed by atoms with Crippen molar-refractivity contribution in [2.75, 3.05) is 19.0 Å². The minimum atomic E-state index is 0. The van der Waals surface area contributed by atoms with E-state index < -0.39 is 0 Å². The van der Waals surface area contributed by atoms with E-state index in [1.807, 2.05) is 24.3 Å². The highest BCUT2D eigenvalue weighted by molar-refractivity contribution is 14.0. The number of hydrogen-bond donors (Lipinski definition) is 2. The number of ether oxygens (including phenoxy) is 1. The number of aliphatic imine (C=N–C) groups is 1. The predicted octanol–water partition coefficient (Wildman–Crippen LogP) is 3.87. The number of nitrogens with two attached hydrogens (primary N) is 1. The standard InChI is InChI=1S/C15H25N3O.HI/c1-12(2)8-6-7-11-17-15(16)18-13-9-4-5-10-14(13)19-3;/h4-5,9-10,12H,6-8,11H2,1-3H3,(H3,16,17,18);1H. The molecule has 1 aromatic rings. The summed E-state index contributed by atoms with van der Waals surface area (Å²) in [5.41, 5.74) is 6.70. The lowest BCUT2D eigenvalue weighted by molar-refractivity contribution is 0.417. The van der Waals surface area contributed by atoms with Gasteiger partial charge in [0.05, 0.1) is 12.8 Å². The van der Waals surface area contributed by atoms with Gasteiger partial charge in [-0.25, -0.2) is 0 Å². The Hall–Kier alpha value is -0.980. The van der Waals surface area contributed by atoms with Gasteiger partial charge in [0.25, 0.3) is 0 Å². The van der Waals surface area contributed by atoms with Crippen LogP contribution in [-0.4, -0.2) is 19.6 Å². The molecule has 0 aromatic heterocycles. The molecule has 1 rings (SSSR count). The molecular formula is C15H26IN3O. The molecule has 0 saturated carbocycles. The first-order valence-corrected chi connectivity index (χ1v) is 6.83. The van der Waals surface area contributed by atoms with Crippen LogP contribution in [0.15, 0.2) is 29.3 Å². The molecule has 0 spiro atoms. The highest BCUT2D eigenvalue weighted by atomic mass is 127. The maximum Gasteiger partial charge on any atom is 0.193 e. The van der Waals surface area contributed by atoms with Crippen LogP contribution in [0.1, 0.15) is 33.1 Å². The Morgan fingerprint density at radius 1 is 1.30 bits per heavy atom. The monoisotopic (exact) mass is 391 g/mol. The Morgan fingerprint density at radius 3 is 2.65 bits per heavy atom. The van der Waals surface area contributed by atoms with E-state index in [9.17, 15) is 0 Å². The fraction of sp³-hybridized carbons (Fsp3) is 0.533. The number of hydrogen-bond acceptors (Lipinski definition) is 2. The van der Waals surface area contributed by atoms with E-state index in [0.717, 1.165) is 30.3 Å². The molecule has 0 unspecified atom stereocenters. The van der Waals surface area contributed by atoms with Crippen molar-refractivity contribution in [1.82, 2.24) is 0 Å². The van der Waals surface area contributed by atoms with Crippen molar-refractivity contribution in [2.24, 2.45) is 16.6 Å². The van der Waals surface area contributed by atoms with E-state index in [2.05, 4.69) is 24.2 Å². The normalized spacial score (nSPS) is 11.1. The first kappa shape index (κ1) is 19.0. The maximum atomic E-state index is 5.85. The first-order chi connectivity index (χ1) is 9.13. The highest BCUT2D eigenvalue weighted by Gasteiger charge is 2.01. The zero-order valence-electron chi connectivity index (χ0n) is 12.6. The third kappa shape index (κ3) is 7.57. The van der Waals surface area contributed by atoms with Gasteiger partial charge in [0, 0.05) is 6.54 Å². The second-order valence-corrected chi connectivity index (χ2v) is 4.98. The average Bonchev–Trinajstić information content (AvgIpc) is 2.38. The molecule has 0 aliphatic heterocycles. The number of rotatable bonds is 7. The number of halogens is 1. The van der Waals surface area contributed by atoms with E-state index in [1.54, 1.807) is 7.11 Å². The summed E-state index contributed by atoms with van der Waals surface area (Å²) < 4.78 is 5.24. The molecule has 5 heteroatoms. The number of anilines is 1. The summed E-state index contributed by atoms with van der Waals surface area (Å²) in [6, 6.07) is 7.66. The van der Waals surface area contributed by atoms with Crippen molar-refractivity contribution in [3.05, 3.63) is 24.3 Å². The molecule has 0 saturated heterocycles. The van der Waals surface area contributed by atoms with E-state index in [-0.39, 0.29) is 24.0 Å². The summed E-state index contributed by atoms with van der Waals surface area (Å²) in [6.07, 6.45) is 3.52. The summed E-state index contributed by atoms with van der Waals surface area (Å²) in [5, 5.41) is 3.06. The van der Waals surface area contributed by atoms with Crippen LogP contribution in [0.4, 0.5) is 5.69 Å². The Morgan fingerprint density at radius 2 is 2.00 bits per heavy atom. The van der Waals surface area contributed by atoms with Crippen LogP contribution in [0.25, 0.3) is 0 Å². The number of nitrogens with one attached hydrogen (secondary N) is 1. The lowest BCUT2D eigenvalue weighted by atomic mass is 10.1. The van der Waals surface area contributed by atoms with Crippen LogP contribution >= 0.6 is 24.0 Å². The summed E-state index contributed by atoms with van der Waals surface area (Å²) in [6.45, 7) is 5.24. The minimum absolute atomic E-state index is 0. The van der Waals surface area contributed by atoms with E-state index >= 15 is 0 Å². The predicted molar refractivity (Wildman–Crippen MR) is 97.2 cm³/mol. The van der Waals surface area contributed by atoms with Gasteiger partial charge >= 0.3 is 0 Å². The van der Waals surface area contributed by atoms with Crippen molar-refractivity contribution in [3.63, 3.8) is 0 Å². The van der Waals surface area contributed by atoms with Crippen molar-refractivity contribution in [3.8, 4) is 5.75 Å². The van der Waals surface area contributed by atoms with Crippen LogP contribution < -0.4 is 15.8 Å². The second kappa shape index (κ2) is 10.8. The van der Waals surface area contributed by atoms with Crippen molar-refractivity contribution in [1.29, 1.82) is 0 Å². The number of para-hydroxylation sites is 2. The third-order valence-corrected chi connectivity index (χ3v) is 2.84. The smallest absolute Gasteiger partial charge is 0.193 e. The number of methoxy groups -OCH3 is 1. The largest absolute Gasteiger partial charge is 0.495 e. The van der Waals surface area contributed by atoms with Crippen LogP contribution in [0.2, 0.25) is 0 Å². The Labute approximate surface area is 139 Å². The molecule has 0 aliphatic rings. The topological polar surface area (TPSA) is 59.6 Å². The van der Waals surface area contributed by atoms with Crippen molar-refractivity contribution in [2.45, 2.75) is 33.1 Å². The fourth-order valence-corrected chi connectivity index (χ4v) is 1.79. The summed E-state index contributed by atoms with van der Waals surface area (Å²) >= 11 is 0. The average molecular weight is 391 g/mol. The molecule has 0 amide bonds. The molecule has 0 heterocycles. The Bertz CT molecular complexity index is 408. The van der Waals surface area contributed by atoms with Gasteiger partial charge in [-0.3, -0.25) is 4.99 Å². The summed E-state index contributed by atoms with van der Waals surface area (Å²) in [7, 11) is 1.64. The molecule has 1 aromatic carbocycles. The highest BCUT2D eigenvalue weighted by Crippen LogP contribution is 2.22. The van der Waals surface area contributed by atoms with Gasteiger partial charge in [0.1, 0.15) is 5.75 Å². The molecule has 3 N–H and O–H groups in total. The zero-order chi connectivity index (χ0) is 14.1. The number of unbranched alkanes of at least 4 members (excludes halogenated alkanes) is 1. The minimum Gasteiger partial charge on any atom is -0.495 e. The molecular weight excluding hydrogens is 365 g/mol. The van der Waals surface area contributed by atoms with E-state index in [1.165, 1.54) is 12.8 Å². The lowest BCUT2D eigenvalue weighted by Crippen LogP contribution is -2.23. The van der Waals surface area contributed by atoms with Crippen LogP contribution in [-0.2, 0) is 0 Å². The molecule has 0 radical (unpaired) electrons. The van der Waals surface area contributed by atoms with Gasteiger partial charge in [-0.1, -0.05) is 38.8 Å². The number of benzene rings is 1. The van der Waals surface area contributed by atoms with Crippen molar-refractivity contribution >= 4 is 35.6 Å². The molecule has 0 aliphatic carbocycles. The van der Waals surface area contributed by atoms with E-state index in [4.69, 9.17) is 10.5 Å². The quantitative estimate of drug-likeness (QED) is 0.321. The van der Waals surface area contributed by atoms with Gasteiger partial charge in [-0.15, -0.1) is 24.0 Å².